The van der Waals surface area contributed by atoms with Gasteiger partial charge < -0.3 is 4.90 Å². The second kappa shape index (κ2) is 8.58. The first kappa shape index (κ1) is 18.1. The zero-order valence-corrected chi connectivity index (χ0v) is 15.6. The van der Waals surface area contributed by atoms with Crippen LogP contribution in [0.3, 0.4) is 0 Å². The predicted molar refractivity (Wildman–Crippen MR) is 107 cm³/mol. The number of benzene rings is 1. The van der Waals surface area contributed by atoms with Crippen LogP contribution in [0.5, 0.6) is 0 Å². The van der Waals surface area contributed by atoms with Gasteiger partial charge in [0.25, 0.3) is 5.91 Å². The van der Waals surface area contributed by atoms with Gasteiger partial charge in [-0.3, -0.25) is 14.3 Å². The normalized spacial score (nSPS) is 15.2. The zero-order chi connectivity index (χ0) is 19.2. The van der Waals surface area contributed by atoms with Crippen LogP contribution in [0.4, 0.5) is 0 Å². The maximum atomic E-state index is 12.9. The van der Waals surface area contributed by atoms with Crippen LogP contribution in [0, 0.1) is 0 Å². The van der Waals surface area contributed by atoms with Gasteiger partial charge in [0.05, 0.1) is 0 Å². The van der Waals surface area contributed by atoms with E-state index in [9.17, 15) is 4.79 Å². The standard InChI is InChI=1S/C21H22N6O/c28-21(19-8-9-22-20(15-19)27-16-23-24-17-27)26-13-11-25(12-14-26)10-4-7-18-5-2-1-3-6-18/h1-9,15-17H,10-14H2. The number of pyridine rings is 1. The van der Waals surface area contributed by atoms with Crippen molar-refractivity contribution in [2.75, 3.05) is 32.7 Å². The van der Waals surface area contributed by atoms with E-state index in [2.05, 4.69) is 44.4 Å². The average Bonchev–Trinajstić information content (AvgIpc) is 3.30. The summed E-state index contributed by atoms with van der Waals surface area (Å²) in [4.78, 5) is 21.4. The highest BCUT2D eigenvalue weighted by Gasteiger charge is 2.22. The van der Waals surface area contributed by atoms with Crippen molar-refractivity contribution in [3.8, 4) is 5.82 Å². The van der Waals surface area contributed by atoms with Crippen molar-refractivity contribution in [3.05, 3.63) is 78.5 Å². The molecular weight excluding hydrogens is 352 g/mol. The zero-order valence-electron chi connectivity index (χ0n) is 15.6. The molecule has 0 atom stereocenters. The summed E-state index contributed by atoms with van der Waals surface area (Å²) in [6, 6.07) is 13.8. The minimum atomic E-state index is 0.0382. The first-order valence-corrected chi connectivity index (χ1v) is 9.34. The Hall–Kier alpha value is -3.32. The molecule has 7 heteroatoms. The van der Waals surface area contributed by atoms with Crippen molar-refractivity contribution in [2.24, 2.45) is 0 Å². The van der Waals surface area contributed by atoms with Gasteiger partial charge in [-0.2, -0.15) is 0 Å². The number of piperazine rings is 1. The van der Waals surface area contributed by atoms with Gasteiger partial charge in [0.15, 0.2) is 0 Å². The maximum absolute atomic E-state index is 12.9. The van der Waals surface area contributed by atoms with Crippen LogP contribution < -0.4 is 0 Å². The van der Waals surface area contributed by atoms with Crippen molar-refractivity contribution < 1.29 is 4.79 Å². The Morgan fingerprint density at radius 2 is 1.75 bits per heavy atom. The van der Waals surface area contributed by atoms with E-state index in [1.54, 1.807) is 35.6 Å². The Morgan fingerprint density at radius 3 is 2.50 bits per heavy atom. The average molecular weight is 374 g/mol. The second-order valence-corrected chi connectivity index (χ2v) is 6.68. The van der Waals surface area contributed by atoms with Gasteiger partial charge in [0, 0.05) is 44.5 Å². The van der Waals surface area contributed by atoms with E-state index in [4.69, 9.17) is 0 Å². The number of rotatable bonds is 5. The molecule has 0 aliphatic carbocycles. The van der Waals surface area contributed by atoms with Crippen LogP contribution in [0.2, 0.25) is 0 Å². The molecule has 28 heavy (non-hydrogen) atoms. The molecule has 0 bridgehead atoms. The first-order chi connectivity index (χ1) is 13.8. The van der Waals surface area contributed by atoms with E-state index in [1.807, 2.05) is 23.1 Å². The predicted octanol–water partition coefficient (Wildman–Crippen LogP) is 2.13. The number of hydrogen-bond donors (Lipinski definition) is 0. The highest BCUT2D eigenvalue weighted by molar-refractivity contribution is 5.94. The smallest absolute Gasteiger partial charge is 0.254 e. The number of amides is 1. The van der Waals surface area contributed by atoms with Crippen LogP contribution >= 0.6 is 0 Å². The number of nitrogens with zero attached hydrogens (tertiary/aromatic N) is 6. The lowest BCUT2D eigenvalue weighted by atomic mass is 10.2. The molecule has 3 heterocycles. The molecule has 1 amide bonds. The Bertz CT molecular complexity index is 931. The summed E-state index contributed by atoms with van der Waals surface area (Å²) in [6.07, 6.45) is 9.10. The number of aromatic nitrogens is 4. The molecular formula is C21H22N6O. The van der Waals surface area contributed by atoms with Gasteiger partial charge in [-0.25, -0.2) is 4.98 Å². The largest absolute Gasteiger partial charge is 0.336 e. The minimum Gasteiger partial charge on any atom is -0.336 e. The van der Waals surface area contributed by atoms with Crippen LogP contribution in [0.25, 0.3) is 11.9 Å². The summed E-state index contributed by atoms with van der Waals surface area (Å²) in [6.45, 7) is 4.08. The molecule has 2 aromatic heterocycles. The lowest BCUT2D eigenvalue weighted by molar-refractivity contribution is 0.0650. The van der Waals surface area contributed by atoms with Crippen molar-refractivity contribution in [1.82, 2.24) is 29.5 Å². The molecule has 7 nitrogen and oxygen atoms in total. The summed E-state index contributed by atoms with van der Waals surface area (Å²) in [5.74, 6) is 0.678. The lowest BCUT2D eigenvalue weighted by Crippen LogP contribution is -2.48. The monoisotopic (exact) mass is 374 g/mol. The molecule has 1 aliphatic rings. The van der Waals surface area contributed by atoms with E-state index in [-0.39, 0.29) is 5.91 Å². The van der Waals surface area contributed by atoms with Gasteiger partial charge in [-0.15, -0.1) is 10.2 Å². The van der Waals surface area contributed by atoms with E-state index in [0.717, 1.165) is 32.7 Å². The molecule has 1 aromatic carbocycles. The second-order valence-electron chi connectivity index (χ2n) is 6.68. The van der Waals surface area contributed by atoms with Gasteiger partial charge in [0.2, 0.25) is 0 Å². The minimum absolute atomic E-state index is 0.0382. The van der Waals surface area contributed by atoms with Crippen LogP contribution in [0.15, 0.2) is 67.4 Å². The summed E-state index contributed by atoms with van der Waals surface area (Å²) < 4.78 is 1.69. The fourth-order valence-corrected chi connectivity index (χ4v) is 3.23. The molecule has 0 unspecified atom stereocenters. The molecule has 0 radical (unpaired) electrons. The molecule has 1 aliphatic heterocycles. The van der Waals surface area contributed by atoms with Crippen molar-refractivity contribution in [1.29, 1.82) is 0 Å². The van der Waals surface area contributed by atoms with Gasteiger partial charge in [-0.05, 0) is 17.7 Å². The van der Waals surface area contributed by atoms with Crippen LogP contribution in [0.1, 0.15) is 15.9 Å². The fraction of sp³-hybridized carbons (Fsp3) is 0.238. The topological polar surface area (TPSA) is 67.2 Å². The van der Waals surface area contributed by atoms with E-state index < -0.39 is 0 Å². The molecule has 142 valence electrons. The third-order valence-electron chi connectivity index (χ3n) is 4.81. The number of carbonyl (C=O) groups excluding carboxylic acids is 1. The van der Waals surface area contributed by atoms with E-state index in [1.165, 1.54) is 5.56 Å². The highest BCUT2D eigenvalue weighted by atomic mass is 16.2. The van der Waals surface area contributed by atoms with Crippen molar-refractivity contribution >= 4 is 12.0 Å². The Balaban J connectivity index is 1.32. The molecule has 0 saturated carbocycles. The van der Waals surface area contributed by atoms with Crippen LogP contribution in [-0.4, -0.2) is 68.2 Å². The van der Waals surface area contributed by atoms with E-state index in [0.29, 0.717) is 11.4 Å². The maximum Gasteiger partial charge on any atom is 0.254 e. The van der Waals surface area contributed by atoms with E-state index >= 15 is 0 Å². The molecule has 4 rings (SSSR count). The Morgan fingerprint density at radius 1 is 1.00 bits per heavy atom. The van der Waals surface area contributed by atoms with Crippen LogP contribution in [-0.2, 0) is 0 Å². The third-order valence-corrected chi connectivity index (χ3v) is 4.81. The molecule has 1 saturated heterocycles. The quantitative estimate of drug-likeness (QED) is 0.684. The van der Waals surface area contributed by atoms with Crippen molar-refractivity contribution in [2.45, 2.75) is 0 Å². The SMILES string of the molecule is O=C(c1ccnc(-n2cnnc2)c1)N1CCN(CC=Cc2ccccc2)CC1. The number of hydrogen-bond acceptors (Lipinski definition) is 5. The van der Waals surface area contributed by atoms with Gasteiger partial charge in [0.1, 0.15) is 18.5 Å². The first-order valence-electron chi connectivity index (χ1n) is 9.34. The Labute approximate surface area is 163 Å². The summed E-state index contributed by atoms with van der Waals surface area (Å²) in [5.41, 5.74) is 1.84. The summed E-state index contributed by atoms with van der Waals surface area (Å²) in [7, 11) is 0. The Kier molecular flexibility index (Phi) is 5.53. The molecule has 1 fully saturated rings. The van der Waals surface area contributed by atoms with Gasteiger partial charge >= 0.3 is 0 Å². The highest BCUT2D eigenvalue weighted by Crippen LogP contribution is 2.12. The number of carbonyl (C=O) groups is 1. The third kappa shape index (κ3) is 4.32. The molecule has 0 N–H and O–H groups in total. The van der Waals surface area contributed by atoms with Gasteiger partial charge in [-0.1, -0.05) is 42.5 Å². The summed E-state index contributed by atoms with van der Waals surface area (Å²) >= 11 is 0. The summed E-state index contributed by atoms with van der Waals surface area (Å²) in [5, 5.41) is 7.56. The molecule has 3 aromatic rings. The lowest BCUT2D eigenvalue weighted by Gasteiger charge is -2.34. The fourth-order valence-electron chi connectivity index (χ4n) is 3.23. The van der Waals surface area contributed by atoms with Crippen molar-refractivity contribution in [3.63, 3.8) is 0 Å². The molecule has 0 spiro atoms.